The molecule has 1 aromatic heterocycles. The van der Waals surface area contributed by atoms with Crippen LogP contribution in [0.15, 0.2) is 36.7 Å². The summed E-state index contributed by atoms with van der Waals surface area (Å²) in [5.41, 5.74) is 8.60. The lowest BCUT2D eigenvalue weighted by Crippen LogP contribution is -1.86. The first-order chi connectivity index (χ1) is 6.81. The predicted molar refractivity (Wildman–Crippen MR) is 57.2 cm³/mol. The summed E-state index contributed by atoms with van der Waals surface area (Å²) in [6, 6.07) is 7.81. The molecule has 3 nitrogen and oxygen atoms in total. The zero-order chi connectivity index (χ0) is 9.97. The van der Waals surface area contributed by atoms with Gasteiger partial charge in [-0.15, -0.1) is 0 Å². The molecule has 0 spiro atoms. The lowest BCUT2D eigenvalue weighted by atomic mass is 10.1. The Balaban J connectivity index is 2.47. The number of hydrogen-bond donors (Lipinski definition) is 2. The third-order valence-electron chi connectivity index (χ3n) is 2.16. The molecule has 2 aromatic rings. The summed E-state index contributed by atoms with van der Waals surface area (Å²) in [5, 5.41) is 0. The van der Waals surface area contributed by atoms with Gasteiger partial charge in [-0.2, -0.15) is 0 Å². The summed E-state index contributed by atoms with van der Waals surface area (Å²) in [5.74, 6) is 0.836. The first kappa shape index (κ1) is 8.69. The molecule has 0 atom stereocenters. The number of nitrogens with two attached hydrogens (primary N) is 1. The predicted octanol–water partition coefficient (Wildman–Crippen LogP) is 2.27. The molecule has 0 amide bonds. The normalized spacial score (nSPS) is 10.1. The van der Waals surface area contributed by atoms with Crippen LogP contribution >= 0.6 is 0 Å². The highest BCUT2D eigenvalue weighted by Crippen LogP contribution is 2.27. The fourth-order valence-corrected chi connectivity index (χ4v) is 1.42. The van der Waals surface area contributed by atoms with Gasteiger partial charge in [0.25, 0.3) is 0 Å². The van der Waals surface area contributed by atoms with E-state index >= 15 is 0 Å². The lowest BCUT2D eigenvalue weighted by molar-refractivity contribution is 0.415. The van der Waals surface area contributed by atoms with E-state index in [1.807, 2.05) is 30.5 Å². The Bertz CT molecular complexity index is 434. The Labute approximate surface area is 82.5 Å². The summed E-state index contributed by atoms with van der Waals surface area (Å²) in [7, 11) is 1.65. The minimum absolute atomic E-state index is 0.748. The van der Waals surface area contributed by atoms with E-state index in [0.29, 0.717) is 0 Å². The molecule has 14 heavy (non-hydrogen) atoms. The smallest absolute Gasteiger partial charge is 0.119 e. The maximum Gasteiger partial charge on any atom is 0.119 e. The molecule has 0 saturated carbocycles. The van der Waals surface area contributed by atoms with E-state index in [1.165, 1.54) is 0 Å². The molecule has 2 rings (SSSR count). The zero-order valence-corrected chi connectivity index (χ0v) is 7.95. The van der Waals surface area contributed by atoms with Crippen molar-refractivity contribution in [3.8, 4) is 16.9 Å². The zero-order valence-electron chi connectivity index (χ0n) is 7.95. The summed E-state index contributed by atoms with van der Waals surface area (Å²) < 4.78 is 5.14. The van der Waals surface area contributed by atoms with Gasteiger partial charge in [0.15, 0.2) is 0 Å². The minimum atomic E-state index is 0.748. The van der Waals surface area contributed by atoms with Crippen LogP contribution in [0.4, 0.5) is 5.69 Å². The number of rotatable bonds is 2. The quantitative estimate of drug-likeness (QED) is 0.759. The van der Waals surface area contributed by atoms with Gasteiger partial charge in [0, 0.05) is 18.0 Å². The van der Waals surface area contributed by atoms with Crippen molar-refractivity contribution in [3.05, 3.63) is 36.7 Å². The van der Waals surface area contributed by atoms with Gasteiger partial charge in [-0.3, -0.25) is 0 Å². The molecule has 0 bridgehead atoms. The average molecular weight is 188 g/mol. The van der Waals surface area contributed by atoms with E-state index in [1.54, 1.807) is 13.3 Å². The van der Waals surface area contributed by atoms with Crippen LogP contribution in [0.25, 0.3) is 11.1 Å². The number of H-pyrrole nitrogens is 1. The second-order valence-electron chi connectivity index (χ2n) is 3.06. The van der Waals surface area contributed by atoms with Gasteiger partial charge >= 0.3 is 0 Å². The second kappa shape index (κ2) is 3.46. The summed E-state index contributed by atoms with van der Waals surface area (Å²) in [6.45, 7) is 0. The van der Waals surface area contributed by atoms with E-state index in [9.17, 15) is 0 Å². The van der Waals surface area contributed by atoms with Gasteiger partial charge in [0.1, 0.15) is 5.75 Å². The average Bonchev–Trinajstić information content (AvgIpc) is 2.65. The van der Waals surface area contributed by atoms with Gasteiger partial charge in [-0.25, -0.2) is 0 Å². The first-order valence-electron chi connectivity index (χ1n) is 4.38. The van der Waals surface area contributed by atoms with E-state index in [0.717, 1.165) is 22.6 Å². The van der Waals surface area contributed by atoms with Gasteiger partial charge in [-0.1, -0.05) is 12.1 Å². The number of methoxy groups -OCH3 is 1. The van der Waals surface area contributed by atoms with Crippen molar-refractivity contribution in [2.24, 2.45) is 0 Å². The Kier molecular flexibility index (Phi) is 2.14. The molecule has 3 N–H and O–H groups in total. The van der Waals surface area contributed by atoms with Crippen LogP contribution in [0, 0.1) is 0 Å². The van der Waals surface area contributed by atoms with E-state index < -0.39 is 0 Å². The van der Waals surface area contributed by atoms with Gasteiger partial charge in [0.2, 0.25) is 0 Å². The van der Waals surface area contributed by atoms with Gasteiger partial charge in [-0.05, 0) is 17.7 Å². The molecule has 0 aliphatic rings. The van der Waals surface area contributed by atoms with Crippen LogP contribution in [-0.2, 0) is 0 Å². The van der Waals surface area contributed by atoms with E-state index in [2.05, 4.69) is 4.98 Å². The molecule has 0 radical (unpaired) electrons. The van der Waals surface area contributed by atoms with Crippen molar-refractivity contribution in [1.29, 1.82) is 0 Å². The molecule has 0 unspecified atom stereocenters. The number of benzene rings is 1. The van der Waals surface area contributed by atoms with E-state index in [4.69, 9.17) is 10.5 Å². The number of anilines is 1. The monoisotopic (exact) mass is 188 g/mol. The highest BCUT2D eigenvalue weighted by Gasteiger charge is 2.03. The summed E-state index contributed by atoms with van der Waals surface area (Å²) in [4.78, 5) is 2.97. The third-order valence-corrected chi connectivity index (χ3v) is 2.16. The number of nitrogen functional groups attached to an aromatic ring is 1. The molecule has 1 aromatic carbocycles. The van der Waals surface area contributed by atoms with Crippen molar-refractivity contribution in [2.75, 3.05) is 12.8 Å². The number of hydrogen-bond acceptors (Lipinski definition) is 2. The largest absolute Gasteiger partial charge is 0.497 e. The Morgan fingerprint density at radius 3 is 2.79 bits per heavy atom. The van der Waals surface area contributed by atoms with Crippen LogP contribution in [0.1, 0.15) is 0 Å². The third kappa shape index (κ3) is 1.44. The number of aromatic amines is 1. The van der Waals surface area contributed by atoms with Gasteiger partial charge in [0.05, 0.1) is 12.8 Å². The maximum atomic E-state index is 5.79. The number of ether oxygens (including phenoxy) is 1. The fraction of sp³-hybridized carbons (Fsp3) is 0.0909. The fourth-order valence-electron chi connectivity index (χ4n) is 1.42. The van der Waals surface area contributed by atoms with Crippen molar-refractivity contribution < 1.29 is 4.74 Å². The van der Waals surface area contributed by atoms with Crippen LogP contribution < -0.4 is 10.5 Å². The molecular weight excluding hydrogens is 176 g/mol. The van der Waals surface area contributed by atoms with Crippen molar-refractivity contribution >= 4 is 5.69 Å². The molecule has 3 heteroatoms. The molecule has 0 aliphatic carbocycles. The maximum absolute atomic E-state index is 5.79. The van der Waals surface area contributed by atoms with Crippen LogP contribution in [-0.4, -0.2) is 12.1 Å². The van der Waals surface area contributed by atoms with Crippen molar-refractivity contribution in [2.45, 2.75) is 0 Å². The van der Waals surface area contributed by atoms with Crippen LogP contribution in [0.3, 0.4) is 0 Å². The summed E-state index contributed by atoms with van der Waals surface area (Å²) >= 11 is 0. The number of nitrogens with one attached hydrogen (secondary N) is 1. The molecule has 0 saturated heterocycles. The highest BCUT2D eigenvalue weighted by atomic mass is 16.5. The SMILES string of the molecule is COc1cccc(-c2c[nH]cc2N)c1. The molecular formula is C11H12N2O. The topological polar surface area (TPSA) is 51.0 Å². The van der Waals surface area contributed by atoms with Crippen LogP contribution in [0.2, 0.25) is 0 Å². The minimum Gasteiger partial charge on any atom is -0.497 e. The highest BCUT2D eigenvalue weighted by molar-refractivity contribution is 5.76. The van der Waals surface area contributed by atoms with Crippen molar-refractivity contribution in [1.82, 2.24) is 4.98 Å². The Morgan fingerprint density at radius 2 is 2.14 bits per heavy atom. The van der Waals surface area contributed by atoms with Gasteiger partial charge < -0.3 is 15.5 Å². The van der Waals surface area contributed by atoms with Crippen molar-refractivity contribution in [3.63, 3.8) is 0 Å². The molecule has 0 fully saturated rings. The number of aromatic nitrogens is 1. The summed E-state index contributed by atoms with van der Waals surface area (Å²) in [6.07, 6.45) is 3.65. The lowest BCUT2D eigenvalue weighted by Gasteiger charge is -2.03. The molecule has 72 valence electrons. The first-order valence-corrected chi connectivity index (χ1v) is 4.38. The standard InChI is InChI=1S/C11H12N2O/c1-14-9-4-2-3-8(5-9)10-6-13-7-11(10)12/h2-7,13H,12H2,1H3. The Morgan fingerprint density at radius 1 is 1.29 bits per heavy atom. The van der Waals surface area contributed by atoms with E-state index in [-0.39, 0.29) is 0 Å². The second-order valence-corrected chi connectivity index (χ2v) is 3.06. The molecule has 1 heterocycles. The Hall–Kier alpha value is -1.90. The molecule has 0 aliphatic heterocycles. The van der Waals surface area contributed by atoms with Crippen LogP contribution in [0.5, 0.6) is 5.75 Å².